The highest BCUT2D eigenvalue weighted by molar-refractivity contribution is 5.94. The zero-order chi connectivity index (χ0) is 21.8. The topological polar surface area (TPSA) is 175 Å². The molecule has 0 unspecified atom stereocenters. The number of carbonyl (C=O) groups excluding carboxylic acids is 3. The van der Waals surface area contributed by atoms with Crippen molar-refractivity contribution in [2.45, 2.75) is 63.0 Å². The van der Waals surface area contributed by atoms with E-state index in [1.165, 1.54) is 18.5 Å². The summed E-state index contributed by atoms with van der Waals surface area (Å²) in [7, 11) is 0. The summed E-state index contributed by atoms with van der Waals surface area (Å²) in [5.41, 5.74) is 3.45. The van der Waals surface area contributed by atoms with Gasteiger partial charge in [0, 0.05) is 25.2 Å². The molecule has 0 radical (unpaired) electrons. The molecule has 0 spiro atoms. The van der Waals surface area contributed by atoms with Crippen LogP contribution < -0.4 is 16.4 Å². The van der Waals surface area contributed by atoms with E-state index in [0.717, 1.165) is 0 Å². The number of aliphatic hydroxyl groups excluding tert-OH is 2. The monoisotopic (exact) mass is 408 g/mol. The van der Waals surface area contributed by atoms with E-state index in [-0.39, 0.29) is 24.3 Å². The van der Waals surface area contributed by atoms with E-state index in [4.69, 9.17) is 5.73 Å². The van der Waals surface area contributed by atoms with Crippen LogP contribution in [-0.2, 0) is 9.59 Å². The predicted molar refractivity (Wildman–Crippen MR) is 102 cm³/mol. The molecule has 0 aromatic carbocycles. The minimum atomic E-state index is -2.10. The molecule has 1 fully saturated rings. The number of aromatic nitrogens is 1. The number of pyridine rings is 1. The second-order valence-electron chi connectivity index (χ2n) is 7.88. The molecule has 0 bridgehead atoms. The van der Waals surface area contributed by atoms with Crippen LogP contribution in [0.3, 0.4) is 0 Å². The van der Waals surface area contributed by atoms with E-state index < -0.39 is 54.0 Å². The van der Waals surface area contributed by atoms with Crippen molar-refractivity contribution >= 4 is 17.7 Å². The number of rotatable bonds is 7. The lowest BCUT2D eigenvalue weighted by atomic mass is 9.77. The van der Waals surface area contributed by atoms with Crippen LogP contribution in [0.4, 0.5) is 0 Å². The Labute approximate surface area is 168 Å². The molecule has 1 aliphatic carbocycles. The zero-order valence-electron chi connectivity index (χ0n) is 16.4. The Kier molecular flexibility index (Phi) is 7.28. The van der Waals surface area contributed by atoms with Gasteiger partial charge in [0.25, 0.3) is 11.8 Å². The van der Waals surface area contributed by atoms with Crippen LogP contribution in [0, 0.1) is 5.92 Å². The number of hydrogen-bond acceptors (Lipinski definition) is 7. The second-order valence-corrected chi connectivity index (χ2v) is 7.88. The molecular formula is C19H28N4O6. The number of nitrogens with two attached hydrogens (primary N) is 1. The summed E-state index contributed by atoms with van der Waals surface area (Å²) >= 11 is 0. The predicted octanol–water partition coefficient (Wildman–Crippen LogP) is -1.56. The molecule has 2 rings (SSSR count). The third-order valence-electron chi connectivity index (χ3n) is 4.93. The molecule has 0 saturated heterocycles. The van der Waals surface area contributed by atoms with Gasteiger partial charge in [-0.3, -0.25) is 19.4 Å². The maximum absolute atomic E-state index is 12.7. The molecule has 0 aliphatic heterocycles. The van der Waals surface area contributed by atoms with Gasteiger partial charge in [0.2, 0.25) is 5.91 Å². The van der Waals surface area contributed by atoms with Crippen LogP contribution in [0.5, 0.6) is 0 Å². The van der Waals surface area contributed by atoms with Crippen molar-refractivity contribution in [3.8, 4) is 0 Å². The van der Waals surface area contributed by atoms with Crippen LogP contribution in [0.25, 0.3) is 0 Å². The fourth-order valence-electron chi connectivity index (χ4n) is 3.38. The van der Waals surface area contributed by atoms with Crippen LogP contribution in [0.1, 0.15) is 43.5 Å². The lowest BCUT2D eigenvalue weighted by Gasteiger charge is -2.41. The fourth-order valence-corrected chi connectivity index (χ4v) is 3.38. The molecule has 1 aromatic heterocycles. The van der Waals surface area contributed by atoms with E-state index in [1.54, 1.807) is 6.07 Å². The third kappa shape index (κ3) is 5.72. The lowest BCUT2D eigenvalue weighted by Crippen LogP contribution is -2.64. The summed E-state index contributed by atoms with van der Waals surface area (Å²) in [6.07, 6.45) is -0.553. The SMILES string of the molecule is CC(C)C[C@@H](NC(=O)[C@]1(O)C[C@@H](O)[C@H](O)[C@@H](NC(=O)c2cccnc2)C1)C(N)=O. The van der Waals surface area contributed by atoms with Crippen LogP contribution in [0.2, 0.25) is 0 Å². The summed E-state index contributed by atoms with van der Waals surface area (Å²) in [6.45, 7) is 3.70. The summed E-state index contributed by atoms with van der Waals surface area (Å²) in [6, 6.07) is 0.984. The largest absolute Gasteiger partial charge is 0.390 e. The number of amides is 3. The van der Waals surface area contributed by atoms with Crippen molar-refractivity contribution < 1.29 is 29.7 Å². The van der Waals surface area contributed by atoms with Gasteiger partial charge in [0.15, 0.2) is 0 Å². The normalized spacial score (nSPS) is 27.9. The van der Waals surface area contributed by atoms with Gasteiger partial charge in [0.1, 0.15) is 17.7 Å². The highest BCUT2D eigenvalue weighted by Gasteiger charge is 2.49. The van der Waals surface area contributed by atoms with Crippen molar-refractivity contribution in [2.75, 3.05) is 0 Å². The highest BCUT2D eigenvalue weighted by atomic mass is 16.3. The van der Waals surface area contributed by atoms with Gasteiger partial charge in [-0.1, -0.05) is 13.8 Å². The number of aliphatic hydroxyl groups is 3. The van der Waals surface area contributed by atoms with E-state index in [2.05, 4.69) is 15.6 Å². The maximum Gasteiger partial charge on any atom is 0.253 e. The molecule has 1 aromatic rings. The van der Waals surface area contributed by atoms with Gasteiger partial charge in [0.05, 0.1) is 17.7 Å². The van der Waals surface area contributed by atoms with E-state index in [9.17, 15) is 29.7 Å². The van der Waals surface area contributed by atoms with Crippen LogP contribution in [-0.4, -0.2) is 67.9 Å². The third-order valence-corrected chi connectivity index (χ3v) is 4.93. The Morgan fingerprint density at radius 1 is 1.31 bits per heavy atom. The Hall–Kier alpha value is -2.56. The molecule has 3 amide bonds. The molecule has 10 nitrogen and oxygen atoms in total. The fraction of sp³-hybridized carbons (Fsp3) is 0.579. The molecule has 10 heteroatoms. The summed E-state index contributed by atoms with van der Waals surface area (Å²) in [5.74, 6) is -2.15. The van der Waals surface area contributed by atoms with Gasteiger partial charge < -0.3 is 31.7 Å². The van der Waals surface area contributed by atoms with Gasteiger partial charge in [-0.15, -0.1) is 0 Å². The Balaban J connectivity index is 2.14. The molecule has 160 valence electrons. The zero-order valence-corrected chi connectivity index (χ0v) is 16.4. The summed E-state index contributed by atoms with van der Waals surface area (Å²) in [5, 5.41) is 36.2. The number of nitrogens with one attached hydrogen (secondary N) is 2. The van der Waals surface area contributed by atoms with Crippen molar-refractivity contribution in [2.24, 2.45) is 11.7 Å². The second kappa shape index (κ2) is 9.29. The number of carbonyl (C=O) groups is 3. The quantitative estimate of drug-likeness (QED) is 0.316. The summed E-state index contributed by atoms with van der Waals surface area (Å²) < 4.78 is 0. The Morgan fingerprint density at radius 3 is 2.55 bits per heavy atom. The summed E-state index contributed by atoms with van der Waals surface area (Å²) in [4.78, 5) is 40.5. The molecule has 1 aliphatic rings. The molecule has 1 saturated carbocycles. The molecule has 7 N–H and O–H groups in total. The molecular weight excluding hydrogens is 380 g/mol. The first-order valence-corrected chi connectivity index (χ1v) is 9.43. The van der Waals surface area contributed by atoms with E-state index in [0.29, 0.717) is 0 Å². The molecule has 29 heavy (non-hydrogen) atoms. The Morgan fingerprint density at radius 2 is 2.00 bits per heavy atom. The van der Waals surface area contributed by atoms with Gasteiger partial charge >= 0.3 is 0 Å². The molecule has 5 atom stereocenters. The van der Waals surface area contributed by atoms with Crippen molar-refractivity contribution in [3.05, 3.63) is 30.1 Å². The van der Waals surface area contributed by atoms with Crippen molar-refractivity contribution in [1.82, 2.24) is 15.6 Å². The average Bonchev–Trinajstić information content (AvgIpc) is 2.65. The van der Waals surface area contributed by atoms with Gasteiger partial charge in [-0.25, -0.2) is 0 Å². The Bertz CT molecular complexity index is 743. The van der Waals surface area contributed by atoms with Crippen LogP contribution >= 0.6 is 0 Å². The smallest absolute Gasteiger partial charge is 0.253 e. The van der Waals surface area contributed by atoms with Gasteiger partial charge in [-0.05, 0) is 24.5 Å². The number of nitrogens with zero attached hydrogens (tertiary/aromatic N) is 1. The van der Waals surface area contributed by atoms with E-state index in [1.807, 2.05) is 13.8 Å². The standard InChI is InChI=1S/C19H28N4O6/c1-10(2)6-12(16(20)26)23-18(28)19(29)7-13(15(25)14(24)8-19)22-17(27)11-4-3-5-21-9-11/h3-5,9-10,12-15,24-25,29H,6-8H2,1-2H3,(H2,20,26)(H,22,27)(H,23,28)/t12-,13+,14-,15-,19-/m1/s1. The van der Waals surface area contributed by atoms with E-state index >= 15 is 0 Å². The minimum Gasteiger partial charge on any atom is -0.390 e. The average molecular weight is 408 g/mol. The van der Waals surface area contributed by atoms with Gasteiger partial charge in [-0.2, -0.15) is 0 Å². The van der Waals surface area contributed by atoms with Crippen molar-refractivity contribution in [1.29, 1.82) is 0 Å². The highest BCUT2D eigenvalue weighted by Crippen LogP contribution is 2.30. The molecule has 1 heterocycles. The van der Waals surface area contributed by atoms with Crippen molar-refractivity contribution in [3.63, 3.8) is 0 Å². The minimum absolute atomic E-state index is 0.0627. The maximum atomic E-state index is 12.7. The lowest BCUT2D eigenvalue weighted by molar-refractivity contribution is -0.159. The first kappa shape index (κ1) is 22.7. The first-order valence-electron chi connectivity index (χ1n) is 9.43. The van der Waals surface area contributed by atoms with Crippen LogP contribution in [0.15, 0.2) is 24.5 Å². The first-order chi connectivity index (χ1) is 13.5. The number of hydrogen-bond donors (Lipinski definition) is 6. The number of primary amides is 1.